The van der Waals surface area contributed by atoms with Gasteiger partial charge in [0, 0.05) is 47.8 Å². The van der Waals surface area contributed by atoms with E-state index in [-0.39, 0.29) is 0 Å². The number of aromatic nitrogens is 4. The van der Waals surface area contributed by atoms with E-state index in [0.717, 1.165) is 38.7 Å². The molecule has 0 unspecified atom stereocenters. The maximum atomic E-state index is 5.44. The number of thiophene rings is 1. The van der Waals surface area contributed by atoms with Gasteiger partial charge in [-0.05, 0) is 47.2 Å². The van der Waals surface area contributed by atoms with Crippen molar-refractivity contribution in [3.05, 3.63) is 158 Å². The predicted molar refractivity (Wildman–Crippen MR) is 216 cm³/mol. The van der Waals surface area contributed by atoms with Crippen molar-refractivity contribution < 1.29 is 0 Å². The van der Waals surface area contributed by atoms with Crippen LogP contribution in [0.3, 0.4) is 0 Å². The fourth-order valence-electron chi connectivity index (χ4n) is 8.65. The Labute approximate surface area is 295 Å². The highest BCUT2D eigenvalue weighted by atomic mass is 32.1. The van der Waals surface area contributed by atoms with Crippen LogP contribution in [-0.2, 0) is 0 Å². The van der Waals surface area contributed by atoms with E-state index in [4.69, 9.17) is 9.97 Å². The molecule has 4 heterocycles. The summed E-state index contributed by atoms with van der Waals surface area (Å²) in [5.41, 5.74) is 7.68. The zero-order valence-corrected chi connectivity index (χ0v) is 28.0. The molecule has 12 rings (SSSR count). The van der Waals surface area contributed by atoms with Crippen LogP contribution in [0.2, 0.25) is 0 Å². The smallest absolute Gasteiger partial charge is 0.156 e. The normalized spacial score (nSPS) is 12.3. The number of hydrogen-bond donors (Lipinski definition) is 0. The lowest BCUT2D eigenvalue weighted by Gasteiger charge is -2.12. The van der Waals surface area contributed by atoms with E-state index in [9.17, 15) is 0 Å². The van der Waals surface area contributed by atoms with Crippen molar-refractivity contribution in [1.29, 1.82) is 0 Å². The number of hydrogen-bond acceptors (Lipinski definition) is 3. The second kappa shape index (κ2) is 10.0. The highest BCUT2D eigenvalue weighted by Crippen LogP contribution is 2.45. The summed E-state index contributed by atoms with van der Waals surface area (Å²) >= 11 is 1.87. The first-order valence-electron chi connectivity index (χ1n) is 17.3. The van der Waals surface area contributed by atoms with Gasteiger partial charge < -0.3 is 4.57 Å². The number of nitrogens with zero attached hydrogens (tertiary/aromatic N) is 4. The first kappa shape index (κ1) is 27.3. The average Bonchev–Trinajstić information content (AvgIpc) is 3.85. The third kappa shape index (κ3) is 3.58. The van der Waals surface area contributed by atoms with Crippen LogP contribution in [0.25, 0.3) is 108 Å². The molecular formula is C46H26N4S. The van der Waals surface area contributed by atoms with Gasteiger partial charge in [0.05, 0.1) is 49.7 Å². The summed E-state index contributed by atoms with van der Waals surface area (Å²) < 4.78 is 7.39. The van der Waals surface area contributed by atoms with Gasteiger partial charge in [0.15, 0.2) is 5.82 Å². The summed E-state index contributed by atoms with van der Waals surface area (Å²) in [5.74, 6) is 0.812. The van der Waals surface area contributed by atoms with Crippen LogP contribution in [0, 0.1) is 0 Å². The lowest BCUT2D eigenvalue weighted by Crippen LogP contribution is -2.00. The molecule has 4 nitrogen and oxygen atoms in total. The second-order valence-electron chi connectivity index (χ2n) is 13.3. The Hall–Kier alpha value is -6.56. The van der Waals surface area contributed by atoms with Crippen LogP contribution < -0.4 is 0 Å². The number of rotatable bonds is 2. The molecule has 0 N–H and O–H groups in total. The van der Waals surface area contributed by atoms with Gasteiger partial charge in [0.2, 0.25) is 0 Å². The monoisotopic (exact) mass is 666 g/mol. The quantitative estimate of drug-likeness (QED) is 0.172. The molecule has 4 aromatic heterocycles. The Kier molecular flexibility index (Phi) is 5.35. The maximum absolute atomic E-state index is 5.44. The van der Waals surface area contributed by atoms with Crippen LogP contribution in [0.5, 0.6) is 0 Å². The maximum Gasteiger partial charge on any atom is 0.156 e. The lowest BCUT2D eigenvalue weighted by atomic mass is 10.00. The molecule has 5 heteroatoms. The first-order valence-corrected chi connectivity index (χ1v) is 18.1. The lowest BCUT2D eigenvalue weighted by molar-refractivity contribution is 1.08. The highest BCUT2D eigenvalue weighted by molar-refractivity contribution is 7.26. The fourth-order valence-corrected chi connectivity index (χ4v) is 9.86. The fraction of sp³-hybridized carbons (Fsp3) is 0. The first-order chi connectivity index (χ1) is 25.3. The summed E-state index contributed by atoms with van der Waals surface area (Å²) in [5, 5.41) is 12.1. The number of fused-ring (bicyclic) bond motifs is 16. The Morgan fingerprint density at radius 2 is 0.922 bits per heavy atom. The van der Waals surface area contributed by atoms with Gasteiger partial charge in [-0.15, -0.1) is 11.3 Å². The molecular weight excluding hydrogens is 641 g/mol. The van der Waals surface area contributed by atoms with Gasteiger partial charge in [-0.1, -0.05) is 115 Å². The number of benzene rings is 8. The molecule has 0 aliphatic carbocycles. The topological polar surface area (TPSA) is 35.6 Å². The second-order valence-corrected chi connectivity index (χ2v) is 14.4. The molecule has 0 saturated carbocycles. The Bertz CT molecular complexity index is 3400. The standard InChI is InChI=1S/C46H26N4S/c1-3-15-30-27(12-1)28-13-2-4-16-31(28)45-44(30)47-26-41(48-45)50-36-21-9-6-18-34(36)43-38(50)25-24-37-42(43)33-17-5-8-20-35(33)49(37)39-22-11-19-32-29-14-7-10-23-40(29)51-46(32)39/h1-26H. The molecule has 0 bridgehead atoms. The summed E-state index contributed by atoms with van der Waals surface area (Å²) in [6.45, 7) is 0. The Morgan fingerprint density at radius 3 is 1.63 bits per heavy atom. The third-order valence-corrected chi connectivity index (χ3v) is 11.9. The van der Waals surface area contributed by atoms with Gasteiger partial charge in [-0.2, -0.15) is 0 Å². The van der Waals surface area contributed by atoms with Gasteiger partial charge >= 0.3 is 0 Å². The van der Waals surface area contributed by atoms with E-state index >= 15 is 0 Å². The molecule has 0 fully saturated rings. The minimum Gasteiger partial charge on any atom is -0.308 e. The molecule has 0 aliphatic heterocycles. The van der Waals surface area contributed by atoms with E-state index in [2.05, 4.69) is 161 Å². The van der Waals surface area contributed by atoms with Crippen molar-refractivity contribution in [3.8, 4) is 11.5 Å². The van der Waals surface area contributed by atoms with Gasteiger partial charge in [-0.25, -0.2) is 4.98 Å². The van der Waals surface area contributed by atoms with E-state index in [1.165, 1.54) is 69.2 Å². The molecule has 0 radical (unpaired) electrons. The molecule has 0 saturated heterocycles. The van der Waals surface area contributed by atoms with Crippen LogP contribution in [0.4, 0.5) is 0 Å². The predicted octanol–water partition coefficient (Wildman–Crippen LogP) is 12.5. The van der Waals surface area contributed by atoms with E-state index in [1.54, 1.807) is 0 Å². The Balaban J connectivity index is 1.20. The zero-order chi connectivity index (χ0) is 33.2. The van der Waals surface area contributed by atoms with Crippen LogP contribution in [-0.4, -0.2) is 19.1 Å². The molecule has 236 valence electrons. The summed E-state index contributed by atoms with van der Waals surface area (Å²) in [4.78, 5) is 10.6. The van der Waals surface area contributed by atoms with Crippen molar-refractivity contribution in [2.45, 2.75) is 0 Å². The highest BCUT2D eigenvalue weighted by Gasteiger charge is 2.22. The average molecular weight is 667 g/mol. The SMILES string of the molecule is c1ccc2c(c1)sc1c(-n3c4ccccc4c4c5c6ccccc6n(-c6cnc7c8ccccc8c8ccccc8c7n6)c5ccc43)cccc12. The molecule has 51 heavy (non-hydrogen) atoms. The largest absolute Gasteiger partial charge is 0.308 e. The summed E-state index contributed by atoms with van der Waals surface area (Å²) in [7, 11) is 0. The van der Waals surface area contributed by atoms with E-state index in [1.807, 2.05) is 17.5 Å². The molecule has 0 spiro atoms. The molecule has 12 aromatic rings. The van der Waals surface area contributed by atoms with Crippen molar-refractivity contribution in [2.75, 3.05) is 0 Å². The summed E-state index contributed by atoms with van der Waals surface area (Å²) in [6.07, 6.45) is 1.95. The van der Waals surface area contributed by atoms with Gasteiger partial charge in [0.1, 0.15) is 0 Å². The molecule has 0 atom stereocenters. The number of para-hydroxylation sites is 2. The van der Waals surface area contributed by atoms with Crippen LogP contribution >= 0.6 is 11.3 Å². The van der Waals surface area contributed by atoms with E-state index < -0.39 is 0 Å². The van der Waals surface area contributed by atoms with Crippen molar-refractivity contribution in [3.63, 3.8) is 0 Å². The van der Waals surface area contributed by atoms with Crippen LogP contribution in [0.15, 0.2) is 158 Å². The molecule has 0 aliphatic rings. The third-order valence-electron chi connectivity index (χ3n) is 10.7. The van der Waals surface area contributed by atoms with E-state index in [0.29, 0.717) is 0 Å². The summed E-state index contributed by atoms with van der Waals surface area (Å²) in [6, 6.07) is 54.7. The van der Waals surface area contributed by atoms with Crippen LogP contribution in [0.1, 0.15) is 0 Å². The molecule has 8 aromatic carbocycles. The zero-order valence-electron chi connectivity index (χ0n) is 27.2. The minimum absolute atomic E-state index is 0.812. The Morgan fingerprint density at radius 1 is 0.392 bits per heavy atom. The van der Waals surface area contributed by atoms with Crippen molar-refractivity contribution in [1.82, 2.24) is 19.1 Å². The van der Waals surface area contributed by atoms with Gasteiger partial charge in [0.25, 0.3) is 0 Å². The minimum atomic E-state index is 0.812. The van der Waals surface area contributed by atoms with Gasteiger partial charge in [-0.3, -0.25) is 9.55 Å². The van der Waals surface area contributed by atoms with Crippen molar-refractivity contribution in [2.24, 2.45) is 0 Å². The molecule has 0 amide bonds. The van der Waals surface area contributed by atoms with Crippen molar-refractivity contribution >= 4 is 108 Å².